The number of hydrogen-bond acceptors (Lipinski definition) is 7. The molecule has 1 fully saturated rings. The van der Waals surface area contributed by atoms with Gasteiger partial charge in [-0.25, -0.2) is 8.42 Å². The standard InChI is InChI=1S/C29H28ClN5O5S/c1-21-5-7-22(8-6-21)17-27-28(19-31-34(29(27)36)26-4-2-3-24(30)18-26)32-13-15-33(16-14-32)41(39,40)20-23-9-11-25(12-10-23)35(37)38/h2-12,18-19H,13-17,20H2,1H3. The van der Waals surface area contributed by atoms with Gasteiger partial charge in [-0.15, -0.1) is 0 Å². The average Bonchev–Trinajstić information content (AvgIpc) is 2.95. The lowest BCUT2D eigenvalue weighted by atomic mass is 10.0. The molecule has 3 aromatic carbocycles. The fourth-order valence-corrected chi connectivity index (χ4v) is 6.54. The molecule has 0 N–H and O–H groups in total. The van der Waals surface area contributed by atoms with E-state index in [0.29, 0.717) is 47.0 Å². The van der Waals surface area contributed by atoms with Crippen LogP contribution in [0.4, 0.5) is 11.4 Å². The first-order chi connectivity index (χ1) is 19.6. The number of piperazine rings is 1. The first-order valence-corrected chi connectivity index (χ1v) is 15.0. The topological polar surface area (TPSA) is 119 Å². The molecule has 5 rings (SSSR count). The molecule has 0 aliphatic carbocycles. The highest BCUT2D eigenvalue weighted by molar-refractivity contribution is 7.88. The Kier molecular flexibility index (Phi) is 8.20. The van der Waals surface area contributed by atoms with Gasteiger partial charge in [-0.3, -0.25) is 14.9 Å². The van der Waals surface area contributed by atoms with E-state index in [-0.39, 0.29) is 30.1 Å². The van der Waals surface area contributed by atoms with E-state index in [0.717, 1.165) is 11.1 Å². The maximum absolute atomic E-state index is 13.8. The SMILES string of the molecule is Cc1ccc(Cc2c(N3CCN(S(=O)(=O)Cc4ccc([N+](=O)[O-])cc4)CC3)cnn(-c3cccc(Cl)c3)c2=O)cc1. The summed E-state index contributed by atoms with van der Waals surface area (Å²) in [6.45, 7) is 3.22. The number of sulfonamides is 1. The largest absolute Gasteiger partial charge is 0.367 e. The summed E-state index contributed by atoms with van der Waals surface area (Å²) in [7, 11) is -3.65. The highest BCUT2D eigenvalue weighted by Gasteiger charge is 2.29. The minimum absolute atomic E-state index is 0.0906. The summed E-state index contributed by atoms with van der Waals surface area (Å²) in [6.07, 6.45) is 2.04. The van der Waals surface area contributed by atoms with E-state index >= 15 is 0 Å². The highest BCUT2D eigenvalue weighted by Crippen LogP contribution is 2.24. The van der Waals surface area contributed by atoms with Crippen LogP contribution in [-0.2, 0) is 22.2 Å². The molecular weight excluding hydrogens is 566 g/mol. The van der Waals surface area contributed by atoms with Crippen LogP contribution >= 0.6 is 11.6 Å². The minimum atomic E-state index is -3.65. The third-order valence-corrected chi connectivity index (χ3v) is 9.16. The molecule has 0 unspecified atom stereocenters. The zero-order valence-corrected chi connectivity index (χ0v) is 23.9. The Morgan fingerprint density at radius 1 is 0.951 bits per heavy atom. The molecule has 4 aromatic rings. The van der Waals surface area contributed by atoms with Crippen molar-refractivity contribution in [2.24, 2.45) is 0 Å². The van der Waals surface area contributed by atoms with Crippen LogP contribution in [0.2, 0.25) is 5.02 Å². The number of nitrogens with zero attached hydrogens (tertiary/aromatic N) is 5. The molecule has 12 heteroatoms. The number of non-ortho nitro benzene ring substituents is 1. The average molecular weight is 594 g/mol. The van der Waals surface area contributed by atoms with Gasteiger partial charge in [0.25, 0.3) is 11.2 Å². The Balaban J connectivity index is 1.39. The van der Waals surface area contributed by atoms with Crippen molar-refractivity contribution in [1.29, 1.82) is 0 Å². The second-order valence-corrected chi connectivity index (χ2v) is 12.3. The Hall–Kier alpha value is -4.06. The number of nitro groups is 1. The Morgan fingerprint density at radius 3 is 2.24 bits per heavy atom. The molecular formula is C29H28ClN5O5S. The van der Waals surface area contributed by atoms with E-state index in [1.165, 1.54) is 33.3 Å². The van der Waals surface area contributed by atoms with Crippen molar-refractivity contribution >= 4 is 33.0 Å². The molecule has 0 radical (unpaired) electrons. The highest BCUT2D eigenvalue weighted by atomic mass is 35.5. The molecule has 0 saturated carbocycles. The Labute approximate surface area is 242 Å². The maximum atomic E-state index is 13.8. The lowest BCUT2D eigenvalue weighted by molar-refractivity contribution is -0.384. The van der Waals surface area contributed by atoms with Gasteiger partial charge in [0, 0.05) is 55.3 Å². The van der Waals surface area contributed by atoms with Gasteiger partial charge in [0.1, 0.15) is 0 Å². The monoisotopic (exact) mass is 593 g/mol. The van der Waals surface area contributed by atoms with Gasteiger partial charge in [-0.05, 0) is 36.2 Å². The summed E-state index contributed by atoms with van der Waals surface area (Å²) in [5.74, 6) is -0.249. The number of halogens is 1. The minimum Gasteiger partial charge on any atom is -0.367 e. The van der Waals surface area contributed by atoms with Gasteiger partial charge < -0.3 is 4.90 Å². The molecule has 0 atom stereocenters. The number of rotatable bonds is 8. The van der Waals surface area contributed by atoms with Crippen molar-refractivity contribution in [2.45, 2.75) is 19.1 Å². The zero-order chi connectivity index (χ0) is 29.1. The molecule has 1 aliphatic rings. The van der Waals surface area contributed by atoms with Gasteiger partial charge in [0.05, 0.1) is 28.2 Å². The third kappa shape index (κ3) is 6.48. The molecule has 2 heterocycles. The molecule has 1 aliphatic heterocycles. The quantitative estimate of drug-likeness (QED) is 0.220. The van der Waals surface area contributed by atoms with Crippen LogP contribution < -0.4 is 10.5 Å². The predicted molar refractivity (Wildman–Crippen MR) is 158 cm³/mol. The van der Waals surface area contributed by atoms with Crippen molar-refractivity contribution in [3.8, 4) is 5.69 Å². The molecule has 0 amide bonds. The first kappa shape index (κ1) is 28.5. The van der Waals surface area contributed by atoms with Crippen molar-refractivity contribution in [2.75, 3.05) is 31.1 Å². The molecule has 0 bridgehead atoms. The van der Waals surface area contributed by atoms with E-state index in [2.05, 4.69) is 5.10 Å². The summed E-state index contributed by atoms with van der Waals surface area (Å²) in [4.78, 5) is 26.2. The lowest BCUT2D eigenvalue weighted by Gasteiger charge is -2.36. The third-order valence-electron chi connectivity index (χ3n) is 7.08. The smallest absolute Gasteiger partial charge is 0.277 e. The van der Waals surface area contributed by atoms with Crippen molar-refractivity contribution in [1.82, 2.24) is 14.1 Å². The van der Waals surface area contributed by atoms with Gasteiger partial charge in [-0.2, -0.15) is 14.1 Å². The normalized spacial score (nSPS) is 14.2. The lowest BCUT2D eigenvalue weighted by Crippen LogP contribution is -2.49. The molecule has 1 aromatic heterocycles. The van der Waals surface area contributed by atoms with Crippen molar-refractivity contribution in [3.63, 3.8) is 0 Å². The second-order valence-electron chi connectivity index (χ2n) is 9.93. The van der Waals surface area contributed by atoms with E-state index < -0.39 is 14.9 Å². The zero-order valence-electron chi connectivity index (χ0n) is 22.3. The van der Waals surface area contributed by atoms with E-state index in [1.54, 1.807) is 30.5 Å². The summed E-state index contributed by atoms with van der Waals surface area (Å²) in [6, 6.07) is 20.4. The van der Waals surface area contributed by atoms with Crippen LogP contribution in [0.15, 0.2) is 83.8 Å². The van der Waals surface area contributed by atoms with Gasteiger partial charge in [0.15, 0.2) is 0 Å². The van der Waals surface area contributed by atoms with Crippen LogP contribution in [0.3, 0.4) is 0 Å². The fraction of sp³-hybridized carbons (Fsp3) is 0.241. The van der Waals surface area contributed by atoms with E-state index in [4.69, 9.17) is 11.6 Å². The maximum Gasteiger partial charge on any atom is 0.277 e. The van der Waals surface area contributed by atoms with E-state index in [9.17, 15) is 23.3 Å². The molecule has 10 nitrogen and oxygen atoms in total. The summed E-state index contributed by atoms with van der Waals surface area (Å²) in [5, 5.41) is 15.8. The van der Waals surface area contributed by atoms with Crippen LogP contribution in [0, 0.1) is 17.0 Å². The molecule has 0 spiro atoms. The molecule has 41 heavy (non-hydrogen) atoms. The summed E-state index contributed by atoms with van der Waals surface area (Å²) in [5.41, 5.74) is 4.00. The molecule has 1 saturated heterocycles. The predicted octanol–water partition coefficient (Wildman–Crippen LogP) is 4.35. The number of aryl methyl sites for hydroxylation is 1. The molecule has 212 valence electrons. The van der Waals surface area contributed by atoms with E-state index in [1.807, 2.05) is 36.1 Å². The summed E-state index contributed by atoms with van der Waals surface area (Å²) >= 11 is 6.17. The van der Waals surface area contributed by atoms with Crippen molar-refractivity contribution < 1.29 is 13.3 Å². The number of aromatic nitrogens is 2. The van der Waals surface area contributed by atoms with Crippen molar-refractivity contribution in [3.05, 3.63) is 127 Å². The van der Waals surface area contributed by atoms with Crippen LogP contribution in [0.5, 0.6) is 0 Å². The Morgan fingerprint density at radius 2 is 1.61 bits per heavy atom. The van der Waals surface area contributed by atoms with Crippen LogP contribution in [0.1, 0.15) is 22.3 Å². The fourth-order valence-electron chi connectivity index (χ4n) is 4.84. The number of hydrogen-bond donors (Lipinski definition) is 0. The van der Waals surface area contributed by atoms with Crippen LogP contribution in [0.25, 0.3) is 5.69 Å². The number of nitro benzene ring substituents is 1. The van der Waals surface area contributed by atoms with Gasteiger partial charge in [-0.1, -0.05) is 59.6 Å². The second kappa shape index (κ2) is 11.8. The summed E-state index contributed by atoms with van der Waals surface area (Å²) < 4.78 is 29.0. The van der Waals surface area contributed by atoms with Gasteiger partial charge in [0.2, 0.25) is 10.0 Å². The number of benzene rings is 3. The number of anilines is 1. The van der Waals surface area contributed by atoms with Crippen LogP contribution in [-0.4, -0.2) is 53.6 Å². The first-order valence-electron chi connectivity index (χ1n) is 13.0. The van der Waals surface area contributed by atoms with Gasteiger partial charge >= 0.3 is 0 Å². The Bertz CT molecular complexity index is 1730.